The molecule has 0 spiro atoms. The molecule has 0 saturated heterocycles. The maximum Gasteiger partial charge on any atom is 0.151 e. The number of aromatic nitrogens is 4. The van der Waals surface area contributed by atoms with E-state index in [9.17, 15) is 15.2 Å². The van der Waals surface area contributed by atoms with E-state index in [0.717, 1.165) is 49.8 Å². The van der Waals surface area contributed by atoms with E-state index < -0.39 is 0 Å². The van der Waals surface area contributed by atoms with Crippen molar-refractivity contribution in [2.75, 3.05) is 7.11 Å². The number of aliphatic hydroxyl groups excluding tert-OH is 3. The lowest BCUT2D eigenvalue weighted by Crippen LogP contribution is -1.88. The van der Waals surface area contributed by atoms with Gasteiger partial charge in [0.2, 0.25) is 0 Å². The molecule has 6 rings (SSSR count). The molecule has 47 heavy (non-hydrogen) atoms. The predicted molar refractivity (Wildman–Crippen MR) is 178 cm³/mol. The Kier molecular flexibility index (Phi) is 12.1. The molecule has 0 fully saturated rings. The summed E-state index contributed by atoms with van der Waals surface area (Å²) < 4.78 is 5.25. The van der Waals surface area contributed by atoms with Gasteiger partial charge in [-0.3, -0.25) is 14.8 Å². The molecule has 6 aromatic rings. The molecule has 5 N–H and O–H groups in total. The van der Waals surface area contributed by atoms with E-state index in [2.05, 4.69) is 32.1 Å². The van der Waals surface area contributed by atoms with Gasteiger partial charge >= 0.3 is 0 Å². The number of benzene rings is 2. The molecule has 0 aliphatic heterocycles. The Bertz CT molecular complexity index is 2080. The summed E-state index contributed by atoms with van der Waals surface area (Å²) >= 11 is 0. The average Bonchev–Trinajstić information content (AvgIpc) is 3.74. The summed E-state index contributed by atoms with van der Waals surface area (Å²) in [5.41, 5.74) is 7.74. The number of hydrogen-bond acceptors (Lipinski definition) is 9. The number of ether oxygens (including phenoxy) is 1. The number of rotatable bonds is 8. The van der Waals surface area contributed by atoms with E-state index in [0.29, 0.717) is 35.0 Å². The van der Waals surface area contributed by atoms with Crippen molar-refractivity contribution in [3.63, 3.8) is 0 Å². The Morgan fingerprint density at radius 2 is 1.45 bits per heavy atom. The van der Waals surface area contributed by atoms with E-state index in [4.69, 9.17) is 20.2 Å². The van der Waals surface area contributed by atoms with Crippen LogP contribution < -0.4 is 4.74 Å². The van der Waals surface area contributed by atoms with Gasteiger partial charge in [0.25, 0.3) is 0 Å². The number of nitrogens with zero attached hydrogens (tertiary/aromatic N) is 4. The van der Waals surface area contributed by atoms with Crippen molar-refractivity contribution in [3.05, 3.63) is 125 Å². The van der Waals surface area contributed by atoms with Crippen LogP contribution in [0.2, 0.25) is 0 Å². The van der Waals surface area contributed by atoms with Crippen LogP contribution in [0.3, 0.4) is 0 Å². The van der Waals surface area contributed by atoms with E-state index >= 15 is 0 Å². The third kappa shape index (κ3) is 8.75. The Hall–Kier alpha value is -6.11. The Labute approximate surface area is 270 Å². The molecule has 0 saturated carbocycles. The summed E-state index contributed by atoms with van der Waals surface area (Å²) in [4.78, 5) is 24.2. The van der Waals surface area contributed by atoms with Gasteiger partial charge in [0.15, 0.2) is 6.29 Å². The second-order valence-corrected chi connectivity index (χ2v) is 10.2. The van der Waals surface area contributed by atoms with Crippen molar-refractivity contribution < 1.29 is 24.9 Å². The lowest BCUT2D eigenvalue weighted by Gasteiger charge is -2.02. The average molecular weight is 629 g/mol. The molecule has 0 amide bonds. The van der Waals surface area contributed by atoms with Crippen LogP contribution in [0.4, 0.5) is 0 Å². The smallest absolute Gasteiger partial charge is 0.151 e. The van der Waals surface area contributed by atoms with Gasteiger partial charge in [0.1, 0.15) is 5.75 Å². The van der Waals surface area contributed by atoms with Crippen molar-refractivity contribution in [2.24, 2.45) is 0 Å². The fourth-order valence-electron chi connectivity index (χ4n) is 4.67. The number of aromatic amines is 2. The molecule has 236 valence electrons. The third-order valence-electron chi connectivity index (χ3n) is 7.03. The summed E-state index contributed by atoms with van der Waals surface area (Å²) in [5, 5.41) is 46.9. The van der Waals surface area contributed by atoms with Gasteiger partial charge in [-0.15, -0.1) is 0 Å². The number of carbonyl (C=O) groups is 1. The normalized spacial score (nSPS) is 10.6. The van der Waals surface area contributed by atoms with Gasteiger partial charge in [-0.2, -0.15) is 10.5 Å². The lowest BCUT2D eigenvalue weighted by molar-refractivity contribution is 0.112. The highest BCUT2D eigenvalue weighted by Gasteiger charge is 2.10. The number of methoxy groups -OCH3 is 1. The molecule has 2 aromatic carbocycles. The number of H-pyrrole nitrogens is 2. The summed E-state index contributed by atoms with van der Waals surface area (Å²) in [5.74, 6) is 0.736. The molecule has 4 aromatic heterocycles. The van der Waals surface area contributed by atoms with Gasteiger partial charge in [-0.25, -0.2) is 0 Å². The number of fused-ring (bicyclic) bond motifs is 2. The maximum absolute atomic E-state index is 10.2. The predicted octanol–water partition coefficient (Wildman–Crippen LogP) is 5.24. The van der Waals surface area contributed by atoms with Crippen molar-refractivity contribution in [3.8, 4) is 17.9 Å². The summed E-state index contributed by atoms with van der Waals surface area (Å²) in [6.45, 7) is -0.122. The number of aliphatic hydroxyl groups is 3. The number of allylic oxidation sites excluding steroid dienone is 1. The second kappa shape index (κ2) is 16.8. The molecule has 0 aliphatic carbocycles. The van der Waals surface area contributed by atoms with Crippen molar-refractivity contribution in [1.82, 2.24) is 19.9 Å². The number of aldehydes is 1. The van der Waals surface area contributed by atoms with E-state index in [1.54, 1.807) is 37.7 Å². The number of nitriles is 2. The van der Waals surface area contributed by atoms with Gasteiger partial charge < -0.3 is 30.0 Å². The monoisotopic (exact) mass is 628 g/mol. The molecular weight excluding hydrogens is 596 g/mol. The fraction of sp³-hybridized carbons (Fsp3) is 0.139. The second-order valence-electron chi connectivity index (χ2n) is 10.2. The first-order chi connectivity index (χ1) is 23.0. The molecule has 11 heteroatoms. The maximum atomic E-state index is 10.2. The highest BCUT2D eigenvalue weighted by atomic mass is 16.5. The zero-order valence-corrected chi connectivity index (χ0v) is 25.5. The Balaban J connectivity index is 0.000000177. The Morgan fingerprint density at radius 3 is 2.09 bits per heavy atom. The first-order valence-electron chi connectivity index (χ1n) is 14.4. The highest BCUT2D eigenvalue weighted by molar-refractivity contribution is 6.01. The molecule has 0 radical (unpaired) electrons. The SMILES string of the molecule is COc1ccc2[nH]cc(/C(C#N)=C/c3cncc(CO)c3)c2c1.N#CCc1c[nH]c2ccc(CO)cc12.O=Cc1cncc(CO)c1. The van der Waals surface area contributed by atoms with Crippen LogP contribution in [-0.4, -0.2) is 48.7 Å². The lowest BCUT2D eigenvalue weighted by atomic mass is 10.0. The fourth-order valence-corrected chi connectivity index (χ4v) is 4.67. The zero-order chi connectivity index (χ0) is 33.6. The van der Waals surface area contributed by atoms with Gasteiger partial charge in [-0.1, -0.05) is 6.07 Å². The first kappa shape index (κ1) is 33.8. The highest BCUT2D eigenvalue weighted by Crippen LogP contribution is 2.29. The van der Waals surface area contributed by atoms with Crippen LogP contribution in [0.5, 0.6) is 5.75 Å². The summed E-state index contributed by atoms with van der Waals surface area (Å²) in [7, 11) is 1.61. The topological polar surface area (TPSA) is 192 Å². The minimum atomic E-state index is -0.0825. The number of hydrogen-bond donors (Lipinski definition) is 5. The first-order valence-corrected chi connectivity index (χ1v) is 14.4. The minimum Gasteiger partial charge on any atom is -0.497 e. The molecule has 0 aliphatic rings. The quantitative estimate of drug-likeness (QED) is 0.111. The van der Waals surface area contributed by atoms with E-state index in [1.807, 2.05) is 48.8 Å². The van der Waals surface area contributed by atoms with E-state index in [1.165, 1.54) is 12.4 Å². The minimum absolute atomic E-state index is 0.0348. The molecule has 0 bridgehead atoms. The summed E-state index contributed by atoms with van der Waals surface area (Å²) in [6, 6.07) is 19.1. The van der Waals surface area contributed by atoms with Crippen LogP contribution in [0.25, 0.3) is 33.5 Å². The van der Waals surface area contributed by atoms with Gasteiger partial charge in [0.05, 0.1) is 51.1 Å². The number of nitrogens with one attached hydrogen (secondary N) is 2. The van der Waals surface area contributed by atoms with Gasteiger partial charge in [0, 0.05) is 70.1 Å². The summed E-state index contributed by atoms with van der Waals surface area (Å²) in [6.07, 6.45) is 12.7. The Morgan fingerprint density at radius 1 is 0.809 bits per heavy atom. The van der Waals surface area contributed by atoms with Crippen LogP contribution in [-0.2, 0) is 26.2 Å². The van der Waals surface area contributed by atoms with Crippen molar-refractivity contribution in [2.45, 2.75) is 26.2 Å². The van der Waals surface area contributed by atoms with Crippen molar-refractivity contribution in [1.29, 1.82) is 10.5 Å². The molecule has 0 unspecified atom stereocenters. The van der Waals surface area contributed by atoms with Crippen LogP contribution >= 0.6 is 0 Å². The van der Waals surface area contributed by atoms with Crippen LogP contribution in [0.1, 0.15) is 43.7 Å². The standard InChI is InChI=1S/C18H15N3O2.C11H10N2O.C7H7NO2/c1-23-15-2-3-18-16(6-15)17(10-21-18)14(7-19)5-12-4-13(11-22)9-20-8-12;12-4-3-9-6-13-11-2-1-8(7-14)5-10(9)11;9-4-6-1-7(5-10)3-8-2-6/h2-6,8-10,21-22H,11H2,1H3;1-2,5-6,13-14H,3,7H2;1-4,10H,5H2/b14-5+;;. The van der Waals surface area contributed by atoms with Crippen LogP contribution in [0.15, 0.2) is 85.7 Å². The number of pyridine rings is 2. The zero-order valence-electron chi connectivity index (χ0n) is 25.5. The van der Waals surface area contributed by atoms with Crippen molar-refractivity contribution >= 4 is 39.7 Å². The number of carbonyl (C=O) groups excluding carboxylic acids is 1. The van der Waals surface area contributed by atoms with E-state index in [-0.39, 0.29) is 19.8 Å². The third-order valence-corrected chi connectivity index (χ3v) is 7.03. The largest absolute Gasteiger partial charge is 0.497 e. The molecule has 11 nitrogen and oxygen atoms in total. The molecular formula is C36H32N6O5. The molecule has 0 atom stereocenters. The molecule has 4 heterocycles. The van der Waals surface area contributed by atoms with Gasteiger partial charge in [-0.05, 0) is 76.4 Å². The van der Waals surface area contributed by atoms with Crippen LogP contribution in [0, 0.1) is 22.7 Å².